The second-order valence-electron chi connectivity index (χ2n) is 19.4. The number of benzene rings is 4. The van der Waals surface area contributed by atoms with Crippen LogP contribution in [0.1, 0.15) is 230 Å². The standard InChI is InChI=1S/C16H24O5.C14H20O4.2C13H18O4.C8H14O4.10CH4.3K.2Na/c1-3-13(2)20-12-11-19-9-4-10-21-15-7-5-14(6-8-15)16(17)18;1-3-11(2)17-9-4-10-18-13-7-5-12(6-8-13)14(15)16;2*1-3-10(2)16-8-9-17-12-6-4-11(5-7-12)13(14)15;1-3-8(2)6(7(9)10)11-4-5-12-8;;;;;;;;;;;;;;;/h5-8,13H,3-4,9-12H2,1-2H3,(H,17,18);5-8,11H,3-4,9-10H2,1-2H3,(H,15,16);2*4-7,10H,3,8-9H2,1-2H3,(H,14,15);6H,3-5H2,1-2H3,(H,9,10);10*1H4;;;;;/q;;;;;;;;;;;;;;;5*+1/p-5. The smallest absolute Gasteiger partial charge is 0.547 e. The molecule has 4 aromatic carbocycles. The van der Waals surface area contributed by atoms with Crippen molar-refractivity contribution in [2.24, 2.45) is 0 Å². The van der Waals surface area contributed by atoms with Gasteiger partial charge in [-0.2, -0.15) is 0 Å². The minimum absolute atomic E-state index is 0. The zero-order valence-electron chi connectivity index (χ0n) is 56.1. The van der Waals surface area contributed by atoms with Crippen LogP contribution in [0.4, 0.5) is 0 Å². The van der Waals surface area contributed by atoms with E-state index in [0.717, 1.165) is 38.5 Å². The topological polar surface area (TPSA) is 302 Å². The Kier molecular flexibility index (Phi) is 115. The van der Waals surface area contributed by atoms with E-state index in [-0.39, 0.29) is 334 Å². The minimum atomic E-state index is -1.20. The van der Waals surface area contributed by atoms with Gasteiger partial charge in [0.2, 0.25) is 0 Å². The van der Waals surface area contributed by atoms with Crippen LogP contribution in [-0.2, 0) is 38.0 Å². The number of carbonyl (C=O) groups is 5. The fourth-order valence-corrected chi connectivity index (χ4v) is 6.63. The fourth-order valence-electron chi connectivity index (χ4n) is 6.63. The zero-order chi connectivity index (χ0) is 63.4. The molecule has 0 radical (unpaired) electrons. The Morgan fingerprint density at radius 3 is 0.880 bits per heavy atom. The van der Waals surface area contributed by atoms with E-state index in [1.165, 1.54) is 48.5 Å². The maximum Gasteiger partial charge on any atom is 1.00 e. The third-order valence-corrected chi connectivity index (χ3v) is 12.7. The third-order valence-electron chi connectivity index (χ3n) is 12.7. The van der Waals surface area contributed by atoms with E-state index in [1.54, 1.807) is 55.5 Å². The molecule has 1 saturated heterocycles. The number of hydrogen-bond donors (Lipinski definition) is 0. The Labute approximate surface area is 779 Å². The van der Waals surface area contributed by atoms with E-state index in [4.69, 9.17) is 52.1 Å². The van der Waals surface area contributed by atoms with Crippen molar-refractivity contribution in [3.05, 3.63) is 119 Å². The minimum Gasteiger partial charge on any atom is -0.547 e. The molecule has 21 nitrogen and oxygen atoms in total. The number of carbonyl (C=O) groups excluding carboxylic acids is 5. The summed E-state index contributed by atoms with van der Waals surface area (Å²) in [6, 6.07) is 24.6. The molecule has 1 aliphatic rings. The number of aliphatic carboxylic acids is 1. The molecule has 0 amide bonds. The van der Waals surface area contributed by atoms with Crippen LogP contribution in [0.2, 0.25) is 0 Å². The first-order valence-electron chi connectivity index (χ1n) is 28.9. The van der Waals surface area contributed by atoms with Crippen LogP contribution in [0.5, 0.6) is 23.0 Å². The maximum atomic E-state index is 10.6. The third kappa shape index (κ3) is 66.3. The molecule has 1 fully saturated rings. The number of ether oxygens (including phenoxy) is 11. The van der Waals surface area contributed by atoms with Gasteiger partial charge in [-0.1, -0.05) is 109 Å². The van der Waals surface area contributed by atoms with Gasteiger partial charge >= 0.3 is 213 Å². The van der Waals surface area contributed by atoms with Gasteiger partial charge < -0.3 is 102 Å². The van der Waals surface area contributed by atoms with Crippen LogP contribution in [0.25, 0.3) is 0 Å². The molecule has 0 saturated carbocycles. The van der Waals surface area contributed by atoms with Gasteiger partial charge in [-0.3, -0.25) is 0 Å². The van der Waals surface area contributed by atoms with Crippen LogP contribution >= 0.6 is 0 Å². The number of rotatable bonds is 35. The summed E-state index contributed by atoms with van der Waals surface area (Å²) in [7, 11) is 0. The van der Waals surface area contributed by atoms with Gasteiger partial charge in [-0.25, -0.2) is 0 Å². The van der Waals surface area contributed by atoms with Gasteiger partial charge in [0.15, 0.2) is 0 Å². The quantitative estimate of drug-likeness (QED) is 0.0318. The molecule has 100 heavy (non-hydrogen) atoms. The average Bonchev–Trinajstić information content (AvgIpc) is 0.825. The van der Waals surface area contributed by atoms with E-state index in [9.17, 15) is 49.5 Å². The van der Waals surface area contributed by atoms with Crippen LogP contribution < -0.4 is 258 Å². The zero-order valence-corrected chi connectivity index (χ0v) is 69.5. The van der Waals surface area contributed by atoms with Crippen molar-refractivity contribution >= 4 is 29.8 Å². The van der Waals surface area contributed by atoms with Crippen molar-refractivity contribution in [1.82, 2.24) is 0 Å². The van der Waals surface area contributed by atoms with Crippen LogP contribution in [0, 0.1) is 0 Å². The van der Waals surface area contributed by atoms with Gasteiger partial charge in [0.05, 0.1) is 119 Å². The Balaban J connectivity index is -0.0000000674. The molecular formula is C74H129K3Na2O21. The normalized spacial score (nSPS) is 13.2. The van der Waals surface area contributed by atoms with Crippen LogP contribution in [-0.4, -0.2) is 145 Å². The molecule has 6 atom stereocenters. The first-order chi connectivity index (χ1) is 40.6. The molecule has 0 aromatic heterocycles. The van der Waals surface area contributed by atoms with E-state index in [1.807, 2.05) is 34.6 Å². The molecule has 6 unspecified atom stereocenters. The summed E-state index contributed by atoms with van der Waals surface area (Å²) in [5, 5.41) is 52.7. The fraction of sp³-hybridized carbons (Fsp3) is 0.608. The van der Waals surface area contributed by atoms with Crippen molar-refractivity contribution in [2.45, 2.75) is 225 Å². The van der Waals surface area contributed by atoms with Crippen molar-refractivity contribution in [1.29, 1.82) is 0 Å². The molecule has 0 aliphatic carbocycles. The molecular weight excluding hydrogens is 1390 g/mol. The first-order valence-corrected chi connectivity index (χ1v) is 28.9. The molecule has 0 bridgehead atoms. The predicted molar refractivity (Wildman–Crippen MR) is 375 cm³/mol. The Morgan fingerprint density at radius 2 is 0.640 bits per heavy atom. The van der Waals surface area contributed by atoms with Gasteiger partial charge in [-0.15, -0.1) is 0 Å². The van der Waals surface area contributed by atoms with E-state index < -0.39 is 41.6 Å². The Morgan fingerprint density at radius 1 is 0.390 bits per heavy atom. The SMILES string of the molecule is C.C.C.C.C.C.C.C.C.C.CCC(C)OCCCOc1ccc(C(=O)[O-])cc1.CCC(C)OCCOCCCOc1ccc(C(=O)[O-])cc1.CCC(C)OCCOc1ccc(C(=O)[O-])cc1.CCC(C)OCCOc1ccc(C(=O)[O-])cc1.CCC1(C)OCCOC1C(=O)[O-].[K+].[K+].[K+].[Na+].[Na+]. The molecule has 4 aromatic rings. The number of carboxylic acids is 5. The molecule has 5 rings (SSSR count). The largest absolute Gasteiger partial charge is 1.00 e. The van der Waals surface area contributed by atoms with Gasteiger partial charge in [0.1, 0.15) is 42.3 Å². The van der Waals surface area contributed by atoms with E-state index in [2.05, 4.69) is 27.7 Å². The summed E-state index contributed by atoms with van der Waals surface area (Å²) in [4.78, 5) is 52.7. The van der Waals surface area contributed by atoms with Crippen molar-refractivity contribution in [2.75, 3.05) is 79.3 Å². The number of aromatic carboxylic acids is 4. The van der Waals surface area contributed by atoms with Crippen LogP contribution in [0.15, 0.2) is 97.1 Å². The number of hydrogen-bond acceptors (Lipinski definition) is 21. The second kappa shape index (κ2) is 84.7. The van der Waals surface area contributed by atoms with Crippen LogP contribution in [0.3, 0.4) is 0 Å². The molecule has 0 N–H and O–H groups in total. The van der Waals surface area contributed by atoms with E-state index in [0.29, 0.717) is 109 Å². The molecule has 1 aliphatic heterocycles. The number of carboxylic acid groups (broad SMARTS) is 5. The second-order valence-corrected chi connectivity index (χ2v) is 19.4. The predicted octanol–water partition coefficient (Wildman–Crippen LogP) is -3.53. The molecule has 0 spiro atoms. The van der Waals surface area contributed by atoms with Gasteiger partial charge in [0, 0.05) is 19.4 Å². The van der Waals surface area contributed by atoms with Crippen molar-refractivity contribution in [3.63, 3.8) is 0 Å². The van der Waals surface area contributed by atoms with E-state index >= 15 is 0 Å². The molecule has 1 heterocycles. The summed E-state index contributed by atoms with van der Waals surface area (Å²) in [6.07, 6.45) is 6.24. The van der Waals surface area contributed by atoms with Gasteiger partial charge in [-0.05, 0) is 186 Å². The summed E-state index contributed by atoms with van der Waals surface area (Å²) in [6.45, 7) is 26.3. The monoisotopic (exact) mass is 1520 g/mol. The summed E-state index contributed by atoms with van der Waals surface area (Å²) in [5.74, 6) is -3.38. The average molecular weight is 1520 g/mol. The molecule has 26 heteroatoms. The van der Waals surface area contributed by atoms with Crippen molar-refractivity contribution in [3.8, 4) is 23.0 Å². The summed E-state index contributed by atoms with van der Waals surface area (Å²) < 4.78 is 59.5. The van der Waals surface area contributed by atoms with Gasteiger partial charge in [0.25, 0.3) is 0 Å². The summed E-state index contributed by atoms with van der Waals surface area (Å²) >= 11 is 0. The Bertz CT molecular complexity index is 2360. The van der Waals surface area contributed by atoms with Crippen molar-refractivity contribution < 1.29 is 315 Å². The summed E-state index contributed by atoms with van der Waals surface area (Å²) in [5.41, 5.74) is -0.132. The molecule has 556 valence electrons. The maximum absolute atomic E-state index is 10.6. The first kappa shape index (κ1) is 136. The Hall–Kier alpha value is 0.0591.